The van der Waals surface area contributed by atoms with Gasteiger partial charge in [0.15, 0.2) is 0 Å². The van der Waals surface area contributed by atoms with Crippen molar-refractivity contribution in [2.24, 2.45) is 0 Å². The van der Waals surface area contributed by atoms with Gasteiger partial charge in [-0.15, -0.1) is 0 Å². The summed E-state index contributed by atoms with van der Waals surface area (Å²) in [7, 11) is 0. The third-order valence-corrected chi connectivity index (χ3v) is 17.5. The number of hydrogen-bond acceptors (Lipinski definition) is 3. The van der Waals surface area contributed by atoms with E-state index >= 15 is 0 Å². The van der Waals surface area contributed by atoms with E-state index in [1.165, 1.54) is 111 Å². The maximum absolute atomic E-state index is 6.90. The fourth-order valence-corrected chi connectivity index (χ4v) is 13.9. The molecular formula is C71H55NO2. The average Bonchev–Trinajstić information content (AvgIpc) is 4.16. The monoisotopic (exact) mass is 953 g/mol. The number of anilines is 3. The molecule has 0 amide bonds. The van der Waals surface area contributed by atoms with Crippen LogP contribution in [0.15, 0.2) is 197 Å². The highest BCUT2D eigenvalue weighted by Crippen LogP contribution is 2.60. The summed E-state index contributed by atoms with van der Waals surface area (Å²) in [6.07, 6.45) is 0. The molecule has 0 aliphatic heterocycles. The van der Waals surface area contributed by atoms with Crippen molar-refractivity contribution in [3.8, 4) is 55.6 Å². The first-order valence-corrected chi connectivity index (χ1v) is 26.2. The Hall–Kier alpha value is -8.40. The van der Waals surface area contributed by atoms with E-state index in [2.05, 4.69) is 248 Å². The van der Waals surface area contributed by atoms with Gasteiger partial charge in [0.05, 0.1) is 5.69 Å². The van der Waals surface area contributed by atoms with Crippen LogP contribution in [0.3, 0.4) is 0 Å². The minimum absolute atomic E-state index is 0.185. The number of nitrogens with zero attached hydrogens (tertiary/aromatic N) is 1. The molecule has 74 heavy (non-hydrogen) atoms. The molecule has 10 aromatic carbocycles. The Bertz CT molecular complexity index is 4400. The minimum Gasteiger partial charge on any atom is -0.456 e. The van der Waals surface area contributed by atoms with Crippen LogP contribution in [-0.4, -0.2) is 0 Å². The van der Waals surface area contributed by atoms with Gasteiger partial charge in [0.25, 0.3) is 0 Å². The van der Waals surface area contributed by atoms with Crippen molar-refractivity contribution in [2.45, 2.75) is 71.6 Å². The van der Waals surface area contributed by atoms with E-state index in [1.807, 2.05) is 0 Å². The van der Waals surface area contributed by atoms with E-state index < -0.39 is 0 Å². The largest absolute Gasteiger partial charge is 0.456 e. The van der Waals surface area contributed by atoms with Crippen LogP contribution in [0.25, 0.3) is 99.5 Å². The van der Waals surface area contributed by atoms with Gasteiger partial charge in [-0.05, 0) is 158 Å². The molecule has 356 valence electrons. The van der Waals surface area contributed by atoms with Gasteiger partial charge in [-0.25, -0.2) is 0 Å². The second-order valence-corrected chi connectivity index (χ2v) is 23.0. The lowest BCUT2D eigenvalue weighted by Gasteiger charge is -2.31. The molecule has 0 spiro atoms. The van der Waals surface area contributed by atoms with Crippen LogP contribution in [0.5, 0.6) is 0 Å². The molecule has 0 radical (unpaired) electrons. The summed E-state index contributed by atoms with van der Waals surface area (Å²) in [5.74, 6) is 0. The van der Waals surface area contributed by atoms with Crippen LogP contribution >= 0.6 is 0 Å². The van der Waals surface area contributed by atoms with Crippen molar-refractivity contribution in [3.63, 3.8) is 0 Å². The van der Waals surface area contributed by atoms with Gasteiger partial charge in [-0.3, -0.25) is 0 Å². The summed E-state index contributed by atoms with van der Waals surface area (Å²) in [5.41, 5.74) is 29.4. The summed E-state index contributed by atoms with van der Waals surface area (Å²) in [6, 6.07) is 70.2. The number of rotatable bonds is 5. The molecule has 3 aliphatic rings. The topological polar surface area (TPSA) is 29.5 Å². The number of aryl methyl sites for hydroxylation is 2. The van der Waals surface area contributed by atoms with Crippen LogP contribution < -0.4 is 4.90 Å². The predicted molar refractivity (Wildman–Crippen MR) is 309 cm³/mol. The Morgan fingerprint density at radius 3 is 1.62 bits per heavy atom. The Morgan fingerprint density at radius 2 is 0.878 bits per heavy atom. The van der Waals surface area contributed by atoms with Crippen molar-refractivity contribution in [1.82, 2.24) is 0 Å². The number of furan rings is 2. The highest BCUT2D eigenvalue weighted by atomic mass is 16.3. The quantitative estimate of drug-likeness (QED) is 0.172. The fourth-order valence-electron chi connectivity index (χ4n) is 13.9. The van der Waals surface area contributed by atoms with Gasteiger partial charge in [0.1, 0.15) is 22.3 Å². The molecule has 0 unspecified atom stereocenters. The van der Waals surface area contributed by atoms with E-state index in [0.717, 1.165) is 50.3 Å². The molecule has 15 rings (SSSR count). The van der Waals surface area contributed by atoms with Crippen molar-refractivity contribution in [3.05, 3.63) is 233 Å². The van der Waals surface area contributed by atoms with Crippen LogP contribution in [0.4, 0.5) is 17.1 Å². The van der Waals surface area contributed by atoms with Crippen molar-refractivity contribution < 1.29 is 8.83 Å². The molecule has 0 N–H and O–H groups in total. The van der Waals surface area contributed by atoms with E-state index in [9.17, 15) is 0 Å². The normalized spacial score (nSPS) is 15.1. The Balaban J connectivity index is 0.923. The molecule has 3 heteroatoms. The molecule has 0 bridgehead atoms. The summed E-state index contributed by atoms with van der Waals surface area (Å²) >= 11 is 0. The first kappa shape index (κ1) is 43.2. The summed E-state index contributed by atoms with van der Waals surface area (Å²) in [6.45, 7) is 18.8. The van der Waals surface area contributed by atoms with Crippen LogP contribution in [0.1, 0.15) is 86.1 Å². The molecule has 0 fully saturated rings. The molecule has 2 aromatic heterocycles. The predicted octanol–water partition coefficient (Wildman–Crippen LogP) is 19.8. The van der Waals surface area contributed by atoms with E-state index in [4.69, 9.17) is 8.83 Å². The van der Waals surface area contributed by atoms with Crippen LogP contribution in [0.2, 0.25) is 0 Å². The first-order valence-electron chi connectivity index (χ1n) is 26.2. The van der Waals surface area contributed by atoms with Crippen molar-refractivity contribution >= 4 is 60.9 Å². The third kappa shape index (κ3) is 5.78. The summed E-state index contributed by atoms with van der Waals surface area (Å²) in [5, 5.41) is 4.74. The highest BCUT2D eigenvalue weighted by molar-refractivity contribution is 6.19. The van der Waals surface area contributed by atoms with Gasteiger partial charge in [0, 0.05) is 60.3 Å². The van der Waals surface area contributed by atoms with Gasteiger partial charge in [-0.2, -0.15) is 0 Å². The SMILES string of the molecule is Cc1cc(C)cc(-c2cc3c(c4c2oc2ccccc24)-c2ccc(N(c4ccc5c(c4)C(C)(C)c4cc6c(cc4-5)C(C)(C)c4ccc5oc7ccccc7c5c4-6)c4ccccc4-c4ccccc4)cc2C3(C)C)c1. The van der Waals surface area contributed by atoms with Gasteiger partial charge < -0.3 is 13.7 Å². The lowest BCUT2D eigenvalue weighted by Crippen LogP contribution is -2.18. The number of hydrogen-bond donors (Lipinski definition) is 0. The maximum atomic E-state index is 6.90. The van der Waals surface area contributed by atoms with E-state index in [-0.39, 0.29) is 16.2 Å². The van der Waals surface area contributed by atoms with E-state index in [0.29, 0.717) is 0 Å². The lowest BCUT2D eigenvalue weighted by atomic mass is 9.79. The Labute approximate surface area is 432 Å². The summed E-state index contributed by atoms with van der Waals surface area (Å²) in [4.78, 5) is 2.52. The van der Waals surface area contributed by atoms with Crippen LogP contribution in [-0.2, 0) is 16.2 Å². The average molecular weight is 954 g/mol. The minimum atomic E-state index is -0.325. The zero-order chi connectivity index (χ0) is 50.2. The second kappa shape index (κ2) is 14.9. The maximum Gasteiger partial charge on any atom is 0.143 e. The molecule has 0 saturated carbocycles. The van der Waals surface area contributed by atoms with Crippen LogP contribution in [0, 0.1) is 13.8 Å². The molecule has 3 nitrogen and oxygen atoms in total. The summed E-state index contributed by atoms with van der Waals surface area (Å²) < 4.78 is 13.4. The molecule has 2 heterocycles. The lowest BCUT2D eigenvalue weighted by molar-refractivity contribution is 0.651. The molecule has 12 aromatic rings. The number of fused-ring (bicyclic) bond motifs is 17. The molecule has 0 atom stereocenters. The molecule has 0 saturated heterocycles. The number of benzene rings is 10. The Morgan fingerprint density at radius 1 is 0.338 bits per heavy atom. The van der Waals surface area contributed by atoms with E-state index in [1.54, 1.807) is 0 Å². The van der Waals surface area contributed by atoms with Crippen molar-refractivity contribution in [1.29, 1.82) is 0 Å². The van der Waals surface area contributed by atoms with Gasteiger partial charge in [-0.1, -0.05) is 174 Å². The fraction of sp³-hybridized carbons (Fsp3) is 0.155. The Kier molecular flexibility index (Phi) is 8.68. The molecule has 3 aliphatic carbocycles. The van der Waals surface area contributed by atoms with Gasteiger partial charge >= 0.3 is 0 Å². The standard InChI is InChI=1S/C71H55NO2/c1-40-32-41(2)34-43(33-40)51-37-59-64(67-50-22-14-17-25-62(50)74-68(51)67)48-29-27-45(36-56(48)71(59,7)8)72(60-23-15-12-20-46(60)42-18-10-9-11-19-42)44-26-28-47-52-38-58-53(39-57(52)70(5,6)55(47)35-44)65-54(69(58,3)4)30-31-63-66(65)49-21-13-16-24-61(49)73-63/h9-39H,1-8H3. The van der Waals surface area contributed by atoms with Crippen molar-refractivity contribution in [2.75, 3.05) is 4.90 Å². The second-order valence-electron chi connectivity index (χ2n) is 23.0. The highest BCUT2D eigenvalue weighted by Gasteiger charge is 2.44. The smallest absolute Gasteiger partial charge is 0.143 e. The van der Waals surface area contributed by atoms with Gasteiger partial charge in [0.2, 0.25) is 0 Å². The number of para-hydroxylation sites is 3. The zero-order valence-electron chi connectivity index (χ0n) is 43.2. The molecular weight excluding hydrogens is 899 g/mol. The third-order valence-electron chi connectivity index (χ3n) is 17.5. The zero-order valence-corrected chi connectivity index (χ0v) is 43.2. The first-order chi connectivity index (χ1) is 35.8.